The molecule has 0 aliphatic heterocycles. The van der Waals surface area contributed by atoms with E-state index >= 15 is 0 Å². The molecule has 0 amide bonds. The molecule has 0 rings (SSSR count). The third-order valence-electron chi connectivity index (χ3n) is 13.2. The number of hydrogen-bond acceptors (Lipinski definition) is 6. The molecule has 0 heterocycles. The Morgan fingerprint density at radius 1 is 0.300 bits per heavy atom. The van der Waals surface area contributed by atoms with Crippen LogP contribution in [0.4, 0.5) is 0 Å². The molecule has 0 radical (unpaired) electrons. The number of allylic oxidation sites excluding steroid dienone is 10. The van der Waals surface area contributed by atoms with Gasteiger partial charge < -0.3 is 14.2 Å². The van der Waals surface area contributed by atoms with Crippen molar-refractivity contribution in [3.05, 3.63) is 60.8 Å². The van der Waals surface area contributed by atoms with Crippen LogP contribution in [0.25, 0.3) is 0 Å². The zero-order chi connectivity index (χ0) is 50.7. The normalized spacial score (nSPS) is 12.4. The lowest BCUT2D eigenvalue weighted by Gasteiger charge is -2.18. The van der Waals surface area contributed by atoms with E-state index in [1.165, 1.54) is 173 Å². The minimum Gasteiger partial charge on any atom is -0.462 e. The van der Waals surface area contributed by atoms with Crippen LogP contribution >= 0.6 is 0 Å². The third-order valence-corrected chi connectivity index (χ3v) is 13.2. The first-order chi connectivity index (χ1) is 34.5. The van der Waals surface area contributed by atoms with Gasteiger partial charge in [0, 0.05) is 19.3 Å². The summed E-state index contributed by atoms with van der Waals surface area (Å²) in [6, 6.07) is 0. The van der Waals surface area contributed by atoms with E-state index in [0.717, 1.165) is 96.3 Å². The van der Waals surface area contributed by atoms with Crippen molar-refractivity contribution in [3.8, 4) is 0 Å². The standard InChI is InChI=1S/C64H114O6/c1-4-7-10-13-16-19-22-24-26-28-29-30-31-32-33-34-35-37-38-40-42-45-48-51-54-57-63(66)69-60-61(59-68-62(65)56-53-50-47-44-21-18-15-12-9-6-3)70-64(67)58-55-52-49-46-43-41-39-36-27-25-23-20-17-14-11-8-5-2/h7,10,12,15-16,19,24,26,29-30,61H,4-6,8-9,11,13-14,17-18,20-23,25,27-28,31-60H2,1-3H3/b10-7-,15-12-,19-16-,26-24-,30-29-. The van der Waals surface area contributed by atoms with E-state index in [4.69, 9.17) is 14.2 Å². The average molecular weight is 980 g/mol. The summed E-state index contributed by atoms with van der Waals surface area (Å²) in [5, 5.41) is 0. The first-order valence-electron chi connectivity index (χ1n) is 30.3. The Labute approximate surface area is 434 Å². The number of rotatable bonds is 55. The van der Waals surface area contributed by atoms with Gasteiger partial charge in [0.25, 0.3) is 0 Å². The van der Waals surface area contributed by atoms with Crippen molar-refractivity contribution in [2.75, 3.05) is 13.2 Å². The van der Waals surface area contributed by atoms with E-state index in [2.05, 4.69) is 81.5 Å². The van der Waals surface area contributed by atoms with E-state index in [1.54, 1.807) is 0 Å². The van der Waals surface area contributed by atoms with Crippen molar-refractivity contribution in [1.29, 1.82) is 0 Å². The van der Waals surface area contributed by atoms with Crippen LogP contribution in [0.3, 0.4) is 0 Å². The molecule has 0 fully saturated rings. The molecular formula is C64H114O6. The van der Waals surface area contributed by atoms with Gasteiger partial charge in [0.05, 0.1) is 0 Å². The van der Waals surface area contributed by atoms with E-state index in [-0.39, 0.29) is 31.1 Å². The summed E-state index contributed by atoms with van der Waals surface area (Å²) >= 11 is 0. The highest BCUT2D eigenvalue weighted by molar-refractivity contribution is 5.71. The van der Waals surface area contributed by atoms with E-state index < -0.39 is 6.10 Å². The molecule has 0 saturated heterocycles. The van der Waals surface area contributed by atoms with Crippen molar-refractivity contribution >= 4 is 17.9 Å². The number of carbonyl (C=O) groups excluding carboxylic acids is 3. The molecule has 0 aliphatic carbocycles. The predicted molar refractivity (Wildman–Crippen MR) is 302 cm³/mol. The van der Waals surface area contributed by atoms with E-state index in [9.17, 15) is 14.4 Å². The lowest BCUT2D eigenvalue weighted by atomic mass is 10.0. The van der Waals surface area contributed by atoms with Crippen LogP contribution in [0.5, 0.6) is 0 Å². The fourth-order valence-electron chi connectivity index (χ4n) is 8.73. The Bertz CT molecular complexity index is 1260. The van der Waals surface area contributed by atoms with Gasteiger partial charge in [-0.2, -0.15) is 0 Å². The van der Waals surface area contributed by atoms with Crippen LogP contribution in [0.2, 0.25) is 0 Å². The van der Waals surface area contributed by atoms with Gasteiger partial charge in [-0.05, 0) is 77.0 Å². The fourth-order valence-corrected chi connectivity index (χ4v) is 8.73. The van der Waals surface area contributed by atoms with Gasteiger partial charge in [-0.1, -0.05) is 274 Å². The van der Waals surface area contributed by atoms with Gasteiger partial charge in [0.1, 0.15) is 13.2 Å². The second-order valence-corrected chi connectivity index (χ2v) is 20.2. The molecule has 0 bridgehead atoms. The first-order valence-corrected chi connectivity index (χ1v) is 30.3. The molecule has 406 valence electrons. The van der Waals surface area contributed by atoms with Crippen LogP contribution in [0, 0.1) is 0 Å². The number of unbranched alkanes of at least 4 members (excludes halogenated alkanes) is 34. The van der Waals surface area contributed by atoms with Crippen LogP contribution < -0.4 is 0 Å². The largest absolute Gasteiger partial charge is 0.462 e. The van der Waals surface area contributed by atoms with Crippen molar-refractivity contribution in [3.63, 3.8) is 0 Å². The van der Waals surface area contributed by atoms with Crippen LogP contribution in [0.15, 0.2) is 60.8 Å². The van der Waals surface area contributed by atoms with Crippen molar-refractivity contribution in [1.82, 2.24) is 0 Å². The highest BCUT2D eigenvalue weighted by Gasteiger charge is 2.19. The molecular weight excluding hydrogens is 865 g/mol. The molecule has 6 heteroatoms. The van der Waals surface area contributed by atoms with Gasteiger partial charge in [-0.3, -0.25) is 14.4 Å². The monoisotopic (exact) mass is 979 g/mol. The highest BCUT2D eigenvalue weighted by Crippen LogP contribution is 2.17. The smallest absolute Gasteiger partial charge is 0.306 e. The molecule has 1 atom stereocenters. The van der Waals surface area contributed by atoms with Crippen LogP contribution in [0.1, 0.15) is 310 Å². The third kappa shape index (κ3) is 56.0. The van der Waals surface area contributed by atoms with Gasteiger partial charge in [0.15, 0.2) is 6.10 Å². The molecule has 6 nitrogen and oxygen atoms in total. The SMILES string of the molecule is CC/C=C\C/C=C\C/C=C\C/C=C\CCCCCCCCCCCCCCC(=O)OCC(COC(=O)CCCCCCC/C=C\CCC)OC(=O)CCCCCCCCCCCCCCCCCCC. The van der Waals surface area contributed by atoms with Crippen molar-refractivity contribution in [2.24, 2.45) is 0 Å². The summed E-state index contributed by atoms with van der Waals surface area (Å²) in [4.78, 5) is 38.1. The minimum atomic E-state index is -0.775. The topological polar surface area (TPSA) is 78.9 Å². The Balaban J connectivity index is 4.21. The molecule has 70 heavy (non-hydrogen) atoms. The number of ether oxygens (including phenoxy) is 3. The second kappa shape index (κ2) is 58.7. The Hall–Kier alpha value is -2.89. The number of esters is 3. The minimum absolute atomic E-state index is 0.0745. The van der Waals surface area contributed by atoms with Crippen LogP contribution in [-0.2, 0) is 28.6 Å². The first kappa shape index (κ1) is 67.1. The Morgan fingerprint density at radius 2 is 0.586 bits per heavy atom. The van der Waals surface area contributed by atoms with Crippen LogP contribution in [-0.4, -0.2) is 37.2 Å². The second-order valence-electron chi connectivity index (χ2n) is 20.2. The summed E-state index contributed by atoms with van der Waals surface area (Å²) in [6.45, 7) is 6.50. The van der Waals surface area contributed by atoms with Crippen molar-refractivity contribution in [2.45, 2.75) is 316 Å². The van der Waals surface area contributed by atoms with E-state index in [1.807, 2.05) is 0 Å². The molecule has 0 spiro atoms. The van der Waals surface area contributed by atoms with Gasteiger partial charge >= 0.3 is 17.9 Å². The quantitative estimate of drug-likeness (QED) is 0.0261. The maximum Gasteiger partial charge on any atom is 0.306 e. The highest BCUT2D eigenvalue weighted by atomic mass is 16.6. The van der Waals surface area contributed by atoms with E-state index in [0.29, 0.717) is 19.3 Å². The predicted octanol–water partition coefficient (Wildman–Crippen LogP) is 20.4. The summed E-state index contributed by atoms with van der Waals surface area (Å²) in [5.41, 5.74) is 0. The molecule has 0 N–H and O–H groups in total. The zero-order valence-electron chi connectivity index (χ0n) is 46.5. The maximum atomic E-state index is 12.9. The summed E-state index contributed by atoms with van der Waals surface area (Å²) in [7, 11) is 0. The molecule has 0 aromatic heterocycles. The lowest BCUT2D eigenvalue weighted by molar-refractivity contribution is -0.167. The molecule has 0 aliphatic rings. The number of hydrogen-bond donors (Lipinski definition) is 0. The van der Waals surface area contributed by atoms with Gasteiger partial charge in [0.2, 0.25) is 0 Å². The Morgan fingerprint density at radius 3 is 0.943 bits per heavy atom. The van der Waals surface area contributed by atoms with Gasteiger partial charge in [-0.25, -0.2) is 0 Å². The fraction of sp³-hybridized carbons (Fsp3) is 0.797. The number of carbonyl (C=O) groups is 3. The molecule has 0 saturated carbocycles. The van der Waals surface area contributed by atoms with Crippen molar-refractivity contribution < 1.29 is 28.6 Å². The summed E-state index contributed by atoms with van der Waals surface area (Å²) in [6.07, 6.45) is 73.7. The van der Waals surface area contributed by atoms with Gasteiger partial charge in [-0.15, -0.1) is 0 Å². The summed E-state index contributed by atoms with van der Waals surface area (Å²) in [5.74, 6) is -0.872. The Kier molecular flexibility index (Phi) is 56.3. The molecule has 0 aromatic rings. The maximum absolute atomic E-state index is 12.9. The molecule has 0 aromatic carbocycles. The summed E-state index contributed by atoms with van der Waals surface area (Å²) < 4.78 is 16.9. The lowest BCUT2D eigenvalue weighted by Crippen LogP contribution is -2.30. The average Bonchev–Trinajstić information content (AvgIpc) is 3.36. The zero-order valence-corrected chi connectivity index (χ0v) is 46.5. The molecule has 1 unspecified atom stereocenters.